The second kappa shape index (κ2) is 6.30. The number of halogens is 6. The number of nitrogens with two attached hydrogens (primary N) is 1. The highest BCUT2D eigenvalue weighted by atomic mass is 19.4. The number of rotatable bonds is 2. The van der Waals surface area contributed by atoms with Crippen molar-refractivity contribution in [1.82, 2.24) is 0 Å². The summed E-state index contributed by atoms with van der Waals surface area (Å²) < 4.78 is 82.0. The van der Waals surface area contributed by atoms with Crippen LogP contribution in [0.1, 0.15) is 21.5 Å². The van der Waals surface area contributed by atoms with Crippen LogP contribution >= 0.6 is 0 Å². The smallest absolute Gasteiger partial charge is 0.416 e. The summed E-state index contributed by atoms with van der Waals surface area (Å²) in [6, 6.07) is 4.68. The van der Waals surface area contributed by atoms with Crippen LogP contribution in [0.5, 0.6) is 0 Å². The zero-order valence-corrected chi connectivity index (χ0v) is 12.6. The number of anilines is 1. The molecule has 0 aliphatic rings. The number of esters is 1. The predicted molar refractivity (Wildman–Crippen MR) is 77.6 cm³/mol. The molecule has 0 spiro atoms. The van der Waals surface area contributed by atoms with Crippen LogP contribution in [0.25, 0.3) is 11.1 Å². The van der Waals surface area contributed by atoms with Crippen molar-refractivity contribution in [2.45, 2.75) is 12.4 Å². The molecular formula is C16H11F6NO2. The molecule has 9 heteroatoms. The third-order valence-electron chi connectivity index (χ3n) is 3.38. The van der Waals surface area contributed by atoms with Crippen LogP contribution in [0.15, 0.2) is 36.4 Å². The molecule has 0 radical (unpaired) electrons. The van der Waals surface area contributed by atoms with Gasteiger partial charge >= 0.3 is 18.3 Å². The monoisotopic (exact) mass is 363 g/mol. The SMILES string of the molecule is COC(=O)c1cc(-c2cc(C(F)(F)F)cc(C(F)(F)F)c2)ccc1N. The minimum absolute atomic E-state index is 0.0152. The van der Waals surface area contributed by atoms with E-state index in [4.69, 9.17) is 5.73 Å². The van der Waals surface area contributed by atoms with Gasteiger partial charge in [-0.1, -0.05) is 6.07 Å². The third kappa shape index (κ3) is 4.04. The topological polar surface area (TPSA) is 52.3 Å². The number of benzene rings is 2. The van der Waals surface area contributed by atoms with Gasteiger partial charge in [0.2, 0.25) is 0 Å². The van der Waals surface area contributed by atoms with Gasteiger partial charge in [0.15, 0.2) is 0 Å². The molecule has 0 unspecified atom stereocenters. The summed E-state index contributed by atoms with van der Waals surface area (Å²) in [4.78, 5) is 11.6. The molecule has 2 N–H and O–H groups in total. The van der Waals surface area contributed by atoms with Gasteiger partial charge in [0.25, 0.3) is 0 Å². The van der Waals surface area contributed by atoms with Crippen molar-refractivity contribution in [3.8, 4) is 11.1 Å². The van der Waals surface area contributed by atoms with Crippen molar-refractivity contribution in [3.63, 3.8) is 0 Å². The number of nitrogen functional groups attached to an aromatic ring is 1. The normalized spacial score (nSPS) is 12.1. The minimum Gasteiger partial charge on any atom is -0.465 e. The Morgan fingerprint density at radius 2 is 1.40 bits per heavy atom. The van der Waals surface area contributed by atoms with Crippen molar-refractivity contribution < 1.29 is 35.9 Å². The molecule has 2 rings (SSSR count). The Bertz CT molecular complexity index is 779. The lowest BCUT2D eigenvalue weighted by atomic mass is 9.97. The Hall–Kier alpha value is -2.71. The molecule has 0 saturated carbocycles. The van der Waals surface area contributed by atoms with Gasteiger partial charge < -0.3 is 10.5 Å². The minimum atomic E-state index is -4.96. The van der Waals surface area contributed by atoms with E-state index in [0.29, 0.717) is 12.1 Å². The lowest BCUT2D eigenvalue weighted by Crippen LogP contribution is -2.11. The van der Waals surface area contributed by atoms with Crippen LogP contribution in [0.3, 0.4) is 0 Å². The second-order valence-corrected chi connectivity index (χ2v) is 5.09. The highest BCUT2D eigenvalue weighted by molar-refractivity contribution is 5.96. The summed E-state index contributed by atoms with van der Waals surface area (Å²) in [5.74, 6) is -0.859. The van der Waals surface area contributed by atoms with E-state index in [0.717, 1.165) is 13.2 Å². The number of carbonyl (C=O) groups is 1. The molecule has 0 amide bonds. The standard InChI is InChI=1S/C16H11F6NO2/c1-25-14(24)12-6-8(2-3-13(12)23)9-4-10(15(17,18)19)7-11(5-9)16(20,21)22/h2-7H,23H2,1H3. The van der Waals surface area contributed by atoms with E-state index in [9.17, 15) is 31.1 Å². The number of alkyl halides is 6. The fraction of sp³-hybridized carbons (Fsp3) is 0.188. The zero-order valence-electron chi connectivity index (χ0n) is 12.6. The Morgan fingerprint density at radius 3 is 1.84 bits per heavy atom. The van der Waals surface area contributed by atoms with Crippen LogP contribution < -0.4 is 5.73 Å². The van der Waals surface area contributed by atoms with E-state index in [1.54, 1.807) is 0 Å². The van der Waals surface area contributed by atoms with E-state index in [1.165, 1.54) is 12.1 Å². The third-order valence-corrected chi connectivity index (χ3v) is 3.38. The Labute approximate surface area is 138 Å². The summed E-state index contributed by atoms with van der Waals surface area (Å²) in [5.41, 5.74) is 2.11. The summed E-state index contributed by atoms with van der Waals surface area (Å²) >= 11 is 0. The van der Waals surface area contributed by atoms with Crippen molar-refractivity contribution in [2.24, 2.45) is 0 Å². The maximum atomic E-state index is 12.9. The highest BCUT2D eigenvalue weighted by Crippen LogP contribution is 2.39. The second-order valence-electron chi connectivity index (χ2n) is 5.09. The summed E-state index contributed by atoms with van der Waals surface area (Å²) in [6.45, 7) is 0. The van der Waals surface area contributed by atoms with Crippen LogP contribution in [0, 0.1) is 0 Å². The fourth-order valence-corrected chi connectivity index (χ4v) is 2.14. The number of hydrogen-bond acceptors (Lipinski definition) is 3. The molecule has 0 atom stereocenters. The van der Waals surface area contributed by atoms with E-state index >= 15 is 0 Å². The number of carbonyl (C=O) groups excluding carboxylic acids is 1. The number of hydrogen-bond donors (Lipinski definition) is 1. The Kier molecular flexibility index (Phi) is 4.70. The highest BCUT2D eigenvalue weighted by Gasteiger charge is 2.37. The average Bonchev–Trinajstić information content (AvgIpc) is 2.52. The van der Waals surface area contributed by atoms with Gasteiger partial charge in [-0.25, -0.2) is 4.79 Å². The van der Waals surface area contributed by atoms with Gasteiger partial charge in [-0.3, -0.25) is 0 Å². The molecule has 3 nitrogen and oxygen atoms in total. The van der Waals surface area contributed by atoms with Gasteiger partial charge in [0, 0.05) is 5.69 Å². The molecule has 0 saturated heterocycles. The van der Waals surface area contributed by atoms with E-state index in [1.807, 2.05) is 0 Å². The first kappa shape index (κ1) is 18.6. The molecule has 0 bridgehead atoms. The van der Waals surface area contributed by atoms with E-state index < -0.39 is 29.4 Å². The van der Waals surface area contributed by atoms with Crippen molar-refractivity contribution in [2.75, 3.05) is 12.8 Å². The number of ether oxygens (including phenoxy) is 1. The predicted octanol–water partition coefficient (Wildman–Crippen LogP) is 4.76. The van der Waals surface area contributed by atoms with Gasteiger partial charge in [0.05, 0.1) is 23.8 Å². The first-order valence-electron chi connectivity index (χ1n) is 6.71. The van der Waals surface area contributed by atoms with Gasteiger partial charge in [-0.05, 0) is 41.5 Å². The largest absolute Gasteiger partial charge is 0.465 e. The van der Waals surface area contributed by atoms with Crippen LogP contribution in [-0.2, 0) is 17.1 Å². The molecule has 0 heterocycles. The number of methoxy groups -OCH3 is 1. The van der Waals surface area contributed by atoms with E-state index in [2.05, 4.69) is 4.74 Å². The summed E-state index contributed by atoms with van der Waals surface area (Å²) in [5, 5.41) is 0. The average molecular weight is 363 g/mol. The first-order chi connectivity index (χ1) is 11.4. The maximum absolute atomic E-state index is 12.9. The molecule has 0 fully saturated rings. The van der Waals surface area contributed by atoms with Gasteiger partial charge in [-0.2, -0.15) is 26.3 Å². The molecule has 2 aromatic rings. The molecular weight excluding hydrogens is 352 g/mol. The fourth-order valence-electron chi connectivity index (χ4n) is 2.14. The van der Waals surface area contributed by atoms with Crippen LogP contribution in [0.4, 0.5) is 32.0 Å². The van der Waals surface area contributed by atoms with Crippen molar-refractivity contribution in [3.05, 3.63) is 53.1 Å². The maximum Gasteiger partial charge on any atom is 0.416 e. The molecule has 0 aliphatic carbocycles. The molecule has 25 heavy (non-hydrogen) atoms. The molecule has 0 aromatic heterocycles. The zero-order chi connectivity index (χ0) is 19.0. The van der Waals surface area contributed by atoms with Crippen molar-refractivity contribution in [1.29, 1.82) is 0 Å². The summed E-state index contributed by atoms with van der Waals surface area (Å²) in [7, 11) is 1.07. The van der Waals surface area contributed by atoms with E-state index in [-0.39, 0.29) is 28.4 Å². The molecule has 0 aliphatic heterocycles. The molecule has 2 aromatic carbocycles. The first-order valence-corrected chi connectivity index (χ1v) is 6.71. The summed E-state index contributed by atoms with van der Waals surface area (Å²) in [6.07, 6.45) is -9.93. The quantitative estimate of drug-likeness (QED) is 0.476. The van der Waals surface area contributed by atoms with Crippen LogP contribution in [0.2, 0.25) is 0 Å². The lowest BCUT2D eigenvalue weighted by molar-refractivity contribution is -0.143. The van der Waals surface area contributed by atoms with Crippen LogP contribution in [-0.4, -0.2) is 13.1 Å². The Balaban J connectivity index is 2.68. The Morgan fingerprint density at radius 1 is 0.880 bits per heavy atom. The lowest BCUT2D eigenvalue weighted by Gasteiger charge is -2.15. The molecule has 134 valence electrons. The van der Waals surface area contributed by atoms with Gasteiger partial charge in [0.1, 0.15) is 0 Å². The van der Waals surface area contributed by atoms with Gasteiger partial charge in [-0.15, -0.1) is 0 Å². The van der Waals surface area contributed by atoms with Crippen molar-refractivity contribution >= 4 is 11.7 Å².